The highest BCUT2D eigenvalue weighted by Gasteiger charge is 2.18. The second-order valence-corrected chi connectivity index (χ2v) is 5.15. The van der Waals surface area contributed by atoms with Crippen LogP contribution in [-0.2, 0) is 0 Å². The fourth-order valence-corrected chi connectivity index (χ4v) is 2.53. The van der Waals surface area contributed by atoms with Gasteiger partial charge in [0.15, 0.2) is 0 Å². The van der Waals surface area contributed by atoms with E-state index in [9.17, 15) is 0 Å². The molecule has 110 valence electrons. The van der Waals surface area contributed by atoms with E-state index in [4.69, 9.17) is 16.2 Å². The molecule has 0 bridgehead atoms. The molecule has 0 saturated carbocycles. The average Bonchev–Trinajstić information content (AvgIpc) is 2.52. The van der Waals surface area contributed by atoms with Crippen LogP contribution in [0.1, 0.15) is 11.1 Å². The van der Waals surface area contributed by atoms with E-state index in [0.717, 1.165) is 22.3 Å². The minimum absolute atomic E-state index is 0.215. The Labute approximate surface area is 130 Å². The molecule has 1 heterocycles. The Bertz CT molecular complexity index is 764. The smallest absolute Gasteiger partial charge is 0.143 e. The molecule has 1 unspecified atom stereocenters. The summed E-state index contributed by atoms with van der Waals surface area (Å²) in [7, 11) is 0. The Morgan fingerprint density at radius 1 is 1.09 bits per heavy atom. The maximum atomic E-state index is 6.38. The van der Waals surface area contributed by atoms with Gasteiger partial charge in [0.05, 0.1) is 12.3 Å². The molecule has 1 aromatic carbocycles. The lowest BCUT2D eigenvalue weighted by Gasteiger charge is -2.19. The molecule has 0 aromatic heterocycles. The SMILES string of the molecule is C=C1/C=C\C=C/Oc2c1cccc2/C(N)=C1\C=CC=CC1N. The van der Waals surface area contributed by atoms with E-state index in [-0.39, 0.29) is 6.04 Å². The number of hydrogen-bond donors (Lipinski definition) is 2. The van der Waals surface area contributed by atoms with Gasteiger partial charge in [-0.15, -0.1) is 0 Å². The quantitative estimate of drug-likeness (QED) is 0.834. The van der Waals surface area contributed by atoms with Crippen molar-refractivity contribution in [1.82, 2.24) is 0 Å². The zero-order valence-electron chi connectivity index (χ0n) is 12.2. The first-order chi connectivity index (χ1) is 10.7. The molecule has 0 spiro atoms. The number of para-hydroxylation sites is 1. The Hall–Kier alpha value is -2.78. The largest absolute Gasteiger partial charge is 0.464 e. The monoisotopic (exact) mass is 290 g/mol. The first-order valence-electron chi connectivity index (χ1n) is 7.11. The van der Waals surface area contributed by atoms with Crippen LogP contribution in [-0.4, -0.2) is 6.04 Å². The van der Waals surface area contributed by atoms with E-state index in [0.29, 0.717) is 11.4 Å². The van der Waals surface area contributed by atoms with Crippen LogP contribution in [0.25, 0.3) is 11.3 Å². The normalized spacial score (nSPS) is 24.8. The molecule has 1 aliphatic heterocycles. The fraction of sp³-hybridized carbons (Fsp3) is 0.0526. The van der Waals surface area contributed by atoms with Crippen LogP contribution in [0.4, 0.5) is 0 Å². The molecule has 3 heteroatoms. The Balaban J connectivity index is 2.17. The molecule has 3 rings (SSSR count). The van der Waals surface area contributed by atoms with Crippen LogP contribution < -0.4 is 16.2 Å². The van der Waals surface area contributed by atoms with Gasteiger partial charge in [-0.1, -0.05) is 55.2 Å². The van der Waals surface area contributed by atoms with Crippen molar-refractivity contribution in [2.75, 3.05) is 0 Å². The van der Waals surface area contributed by atoms with Gasteiger partial charge in [0.25, 0.3) is 0 Å². The third-order valence-electron chi connectivity index (χ3n) is 3.70. The number of hydrogen-bond acceptors (Lipinski definition) is 3. The van der Waals surface area contributed by atoms with Crippen molar-refractivity contribution < 1.29 is 4.74 Å². The molecule has 1 atom stereocenters. The molecular weight excluding hydrogens is 272 g/mol. The molecular formula is C19H18N2O. The zero-order valence-corrected chi connectivity index (χ0v) is 12.2. The minimum Gasteiger partial charge on any atom is -0.464 e. The lowest BCUT2D eigenvalue weighted by Crippen LogP contribution is -2.23. The number of allylic oxidation sites excluding steroid dienone is 6. The molecule has 0 saturated heterocycles. The molecule has 2 aliphatic rings. The predicted molar refractivity (Wildman–Crippen MR) is 91.7 cm³/mol. The number of nitrogens with two attached hydrogens (primary N) is 2. The highest BCUT2D eigenvalue weighted by atomic mass is 16.5. The van der Waals surface area contributed by atoms with Gasteiger partial charge in [-0.3, -0.25) is 0 Å². The summed E-state index contributed by atoms with van der Waals surface area (Å²) in [6.45, 7) is 4.08. The second kappa shape index (κ2) is 5.92. The highest BCUT2D eigenvalue weighted by molar-refractivity contribution is 5.83. The predicted octanol–water partition coefficient (Wildman–Crippen LogP) is 3.29. The van der Waals surface area contributed by atoms with Crippen molar-refractivity contribution in [1.29, 1.82) is 0 Å². The summed E-state index contributed by atoms with van der Waals surface area (Å²) in [6.07, 6.45) is 15.0. The summed E-state index contributed by atoms with van der Waals surface area (Å²) in [4.78, 5) is 0. The van der Waals surface area contributed by atoms with Crippen LogP contribution >= 0.6 is 0 Å². The van der Waals surface area contributed by atoms with Gasteiger partial charge < -0.3 is 16.2 Å². The molecule has 0 fully saturated rings. The summed E-state index contributed by atoms with van der Waals surface area (Å²) >= 11 is 0. The van der Waals surface area contributed by atoms with Crippen molar-refractivity contribution in [3.8, 4) is 5.75 Å². The van der Waals surface area contributed by atoms with Crippen molar-refractivity contribution in [2.24, 2.45) is 11.5 Å². The molecule has 22 heavy (non-hydrogen) atoms. The van der Waals surface area contributed by atoms with E-state index in [2.05, 4.69) is 6.58 Å². The number of fused-ring (bicyclic) bond motifs is 1. The van der Waals surface area contributed by atoms with Crippen molar-refractivity contribution in [3.63, 3.8) is 0 Å². The molecule has 0 amide bonds. The minimum atomic E-state index is -0.215. The van der Waals surface area contributed by atoms with Gasteiger partial charge in [0, 0.05) is 16.8 Å². The summed E-state index contributed by atoms with van der Waals surface area (Å²) < 4.78 is 5.79. The number of ether oxygens (including phenoxy) is 1. The summed E-state index contributed by atoms with van der Waals surface area (Å²) in [6, 6.07) is 5.64. The molecule has 1 aromatic rings. The second-order valence-electron chi connectivity index (χ2n) is 5.15. The van der Waals surface area contributed by atoms with Gasteiger partial charge in [0.2, 0.25) is 0 Å². The van der Waals surface area contributed by atoms with Crippen LogP contribution in [0.3, 0.4) is 0 Å². The summed E-state index contributed by atoms with van der Waals surface area (Å²) in [5, 5.41) is 0. The van der Waals surface area contributed by atoms with Gasteiger partial charge >= 0.3 is 0 Å². The number of benzene rings is 1. The van der Waals surface area contributed by atoms with E-state index in [1.54, 1.807) is 6.26 Å². The first kappa shape index (κ1) is 14.2. The van der Waals surface area contributed by atoms with Crippen LogP contribution in [0.5, 0.6) is 5.75 Å². The maximum Gasteiger partial charge on any atom is 0.143 e. The van der Waals surface area contributed by atoms with Crippen LogP contribution in [0, 0.1) is 0 Å². The van der Waals surface area contributed by atoms with Gasteiger partial charge in [-0.05, 0) is 23.3 Å². The molecule has 4 N–H and O–H groups in total. The molecule has 1 aliphatic carbocycles. The lowest BCUT2D eigenvalue weighted by atomic mass is 9.94. The standard InChI is InChI=1S/C19H18N2O/c1-13-7-4-5-12-22-19-14(13)9-6-10-16(19)18(21)15-8-2-3-11-17(15)20/h2-12,17H,1,20-21H2/b7-4-,12-5-,18-15-. The lowest BCUT2D eigenvalue weighted by molar-refractivity contribution is 0.478. The summed E-state index contributed by atoms with van der Waals surface area (Å²) in [5.41, 5.74) is 16.6. The van der Waals surface area contributed by atoms with Gasteiger partial charge in [-0.25, -0.2) is 0 Å². The van der Waals surface area contributed by atoms with E-state index in [1.807, 2.05) is 60.7 Å². The van der Waals surface area contributed by atoms with E-state index in [1.165, 1.54) is 0 Å². The third kappa shape index (κ3) is 2.54. The van der Waals surface area contributed by atoms with E-state index < -0.39 is 0 Å². The van der Waals surface area contributed by atoms with Gasteiger partial charge in [0.1, 0.15) is 5.75 Å². The zero-order chi connectivity index (χ0) is 15.5. The van der Waals surface area contributed by atoms with Crippen molar-refractivity contribution >= 4 is 11.3 Å². The van der Waals surface area contributed by atoms with Gasteiger partial charge in [-0.2, -0.15) is 0 Å². The topological polar surface area (TPSA) is 61.3 Å². The first-order valence-corrected chi connectivity index (χ1v) is 7.11. The highest BCUT2D eigenvalue weighted by Crippen LogP contribution is 2.35. The Morgan fingerprint density at radius 3 is 2.73 bits per heavy atom. The Kier molecular flexibility index (Phi) is 3.81. The third-order valence-corrected chi connectivity index (χ3v) is 3.70. The maximum absolute atomic E-state index is 6.38. The Morgan fingerprint density at radius 2 is 1.91 bits per heavy atom. The number of rotatable bonds is 1. The van der Waals surface area contributed by atoms with Crippen LogP contribution in [0.2, 0.25) is 0 Å². The molecule has 0 radical (unpaired) electrons. The van der Waals surface area contributed by atoms with Crippen molar-refractivity contribution in [2.45, 2.75) is 6.04 Å². The summed E-state index contributed by atoms with van der Waals surface area (Å²) in [5.74, 6) is 0.702. The fourth-order valence-electron chi connectivity index (χ4n) is 2.53. The molecule has 3 nitrogen and oxygen atoms in total. The van der Waals surface area contributed by atoms with Crippen LogP contribution in [0.15, 0.2) is 79.1 Å². The average molecular weight is 290 g/mol. The van der Waals surface area contributed by atoms with E-state index >= 15 is 0 Å². The van der Waals surface area contributed by atoms with Crippen molar-refractivity contribution in [3.05, 3.63) is 90.3 Å².